The Bertz CT molecular complexity index is 246. The van der Waals surface area contributed by atoms with Gasteiger partial charge in [0.2, 0.25) is 0 Å². The quantitative estimate of drug-likeness (QED) is 0.741. The van der Waals surface area contributed by atoms with Gasteiger partial charge in [0.05, 0.1) is 6.61 Å². The molecule has 2 nitrogen and oxygen atoms in total. The van der Waals surface area contributed by atoms with Crippen molar-refractivity contribution in [2.45, 2.75) is 38.1 Å². The van der Waals surface area contributed by atoms with E-state index >= 15 is 0 Å². The average Bonchev–Trinajstić information content (AvgIpc) is 2.22. The number of rotatable bonds is 3. The van der Waals surface area contributed by atoms with Crippen LogP contribution in [0, 0.1) is 23.7 Å². The summed E-state index contributed by atoms with van der Waals surface area (Å²) < 4.78 is 0. The molecule has 0 radical (unpaired) electrons. The van der Waals surface area contributed by atoms with E-state index in [1.165, 1.54) is 32.1 Å². The normalized spacial score (nSPS) is 46.9. The highest BCUT2D eigenvalue weighted by Gasteiger charge is 2.48. The molecule has 0 heterocycles. The zero-order chi connectivity index (χ0) is 10.4. The van der Waals surface area contributed by atoms with Gasteiger partial charge in [-0.15, -0.1) is 0 Å². The van der Waals surface area contributed by atoms with Crippen molar-refractivity contribution >= 4 is 0 Å². The van der Waals surface area contributed by atoms with Crippen molar-refractivity contribution in [1.82, 2.24) is 5.32 Å². The number of hydrogen-bond donors (Lipinski definition) is 2. The van der Waals surface area contributed by atoms with Crippen LogP contribution in [-0.2, 0) is 0 Å². The Morgan fingerprint density at radius 3 is 2.07 bits per heavy atom. The van der Waals surface area contributed by atoms with Crippen LogP contribution in [-0.4, -0.2) is 17.8 Å². The highest BCUT2D eigenvalue weighted by molar-refractivity contribution is 5.05. The van der Waals surface area contributed by atoms with Crippen LogP contribution in [0.3, 0.4) is 0 Å². The lowest BCUT2D eigenvalue weighted by atomic mass is 9.54. The van der Waals surface area contributed by atoms with Crippen LogP contribution >= 0.6 is 0 Å². The Labute approximate surface area is 91.8 Å². The third-order valence-electron chi connectivity index (χ3n) is 4.79. The molecule has 4 aliphatic rings. The molecule has 0 atom stereocenters. The molecule has 0 saturated heterocycles. The summed E-state index contributed by atoms with van der Waals surface area (Å²) >= 11 is 0. The fourth-order valence-corrected chi connectivity index (χ4v) is 4.44. The summed E-state index contributed by atoms with van der Waals surface area (Å²) in [4.78, 5) is 0. The first-order valence-corrected chi connectivity index (χ1v) is 6.31. The maximum Gasteiger partial charge on any atom is 0.0821 e. The summed E-state index contributed by atoms with van der Waals surface area (Å²) in [6.07, 6.45) is 7.18. The molecule has 4 bridgehead atoms. The fraction of sp³-hybridized carbons (Fsp3) is 0.846. The minimum Gasteiger partial charge on any atom is -0.390 e. The summed E-state index contributed by atoms with van der Waals surface area (Å²) in [5, 5.41) is 12.5. The van der Waals surface area contributed by atoms with Crippen molar-refractivity contribution in [3.63, 3.8) is 0 Å². The fourth-order valence-electron chi connectivity index (χ4n) is 4.44. The molecule has 84 valence electrons. The first-order chi connectivity index (χ1) is 7.26. The highest BCUT2D eigenvalue weighted by atomic mass is 16.3. The Kier molecular flexibility index (Phi) is 2.27. The summed E-state index contributed by atoms with van der Waals surface area (Å²) in [6.45, 7) is 3.95. The summed E-state index contributed by atoms with van der Waals surface area (Å²) in [5.74, 6) is 3.77. The predicted molar refractivity (Wildman–Crippen MR) is 60.2 cm³/mol. The third-order valence-corrected chi connectivity index (χ3v) is 4.79. The second kappa shape index (κ2) is 3.51. The van der Waals surface area contributed by atoms with Gasteiger partial charge in [0.15, 0.2) is 0 Å². The Hall–Kier alpha value is -0.500. The van der Waals surface area contributed by atoms with Crippen LogP contribution < -0.4 is 5.32 Å². The molecule has 0 unspecified atom stereocenters. The first-order valence-electron chi connectivity index (χ1n) is 6.31. The lowest BCUT2D eigenvalue weighted by Gasteiger charge is -2.54. The number of nitrogens with one attached hydrogen (secondary N) is 1. The number of aliphatic hydroxyl groups excluding tert-OH is 1. The zero-order valence-corrected chi connectivity index (χ0v) is 9.28. The van der Waals surface area contributed by atoms with Crippen LogP contribution in [0.25, 0.3) is 0 Å². The van der Waals surface area contributed by atoms with Gasteiger partial charge < -0.3 is 10.4 Å². The van der Waals surface area contributed by atoms with Gasteiger partial charge >= 0.3 is 0 Å². The molecular weight excluding hydrogens is 186 g/mol. The highest BCUT2D eigenvalue weighted by Crippen LogP contribution is 2.53. The molecule has 0 aromatic carbocycles. The van der Waals surface area contributed by atoms with Gasteiger partial charge in [-0.2, -0.15) is 0 Å². The molecule has 15 heavy (non-hydrogen) atoms. The van der Waals surface area contributed by atoms with Gasteiger partial charge in [-0.1, -0.05) is 6.58 Å². The Morgan fingerprint density at radius 2 is 1.60 bits per heavy atom. The van der Waals surface area contributed by atoms with E-state index in [2.05, 4.69) is 11.9 Å². The predicted octanol–water partition coefficient (Wildman–Crippen LogP) is 1.91. The van der Waals surface area contributed by atoms with Crippen molar-refractivity contribution in [3.8, 4) is 0 Å². The molecule has 2 heteroatoms. The summed E-state index contributed by atoms with van der Waals surface area (Å²) in [7, 11) is 0. The zero-order valence-electron chi connectivity index (χ0n) is 9.28. The molecule has 2 N–H and O–H groups in total. The number of aliphatic hydroxyl groups is 1. The summed E-state index contributed by atoms with van der Waals surface area (Å²) in [6, 6.07) is 0.623. The van der Waals surface area contributed by atoms with E-state index in [1.807, 2.05) is 0 Å². The smallest absolute Gasteiger partial charge is 0.0821 e. The minimum absolute atomic E-state index is 0.0861. The topological polar surface area (TPSA) is 32.3 Å². The van der Waals surface area contributed by atoms with Gasteiger partial charge in [0.1, 0.15) is 0 Å². The molecule has 4 aliphatic carbocycles. The molecule has 0 aromatic rings. The van der Waals surface area contributed by atoms with Crippen LogP contribution in [0.2, 0.25) is 0 Å². The van der Waals surface area contributed by atoms with E-state index in [-0.39, 0.29) is 6.61 Å². The lowest BCUT2D eigenvalue weighted by molar-refractivity contribution is -0.0110. The van der Waals surface area contributed by atoms with Gasteiger partial charge in [0, 0.05) is 11.7 Å². The van der Waals surface area contributed by atoms with Crippen LogP contribution in [0.4, 0.5) is 0 Å². The molecule has 0 aromatic heterocycles. The van der Waals surface area contributed by atoms with Crippen LogP contribution in [0.1, 0.15) is 32.1 Å². The van der Waals surface area contributed by atoms with E-state index in [9.17, 15) is 0 Å². The van der Waals surface area contributed by atoms with Crippen molar-refractivity contribution in [1.29, 1.82) is 0 Å². The molecule has 0 spiro atoms. The average molecular weight is 207 g/mol. The second-order valence-corrected chi connectivity index (χ2v) is 5.86. The van der Waals surface area contributed by atoms with Gasteiger partial charge in [-0.3, -0.25) is 0 Å². The lowest BCUT2D eigenvalue weighted by Crippen LogP contribution is -2.54. The molecule has 4 saturated carbocycles. The van der Waals surface area contributed by atoms with Gasteiger partial charge in [0.25, 0.3) is 0 Å². The maximum atomic E-state index is 9.03. The SMILES string of the molecule is C=C(CO)NC1C2CC3CC(C2)CC1C3. The largest absolute Gasteiger partial charge is 0.390 e. The Balaban J connectivity index is 1.72. The van der Waals surface area contributed by atoms with Crippen molar-refractivity contribution in [3.05, 3.63) is 12.3 Å². The summed E-state index contributed by atoms with van der Waals surface area (Å²) in [5.41, 5.74) is 0.812. The standard InChI is InChI=1S/C13H21NO/c1-8(7-15)14-13-11-3-9-2-10(5-11)6-12(13)4-9/h9-15H,1-7H2. The van der Waals surface area contributed by atoms with Gasteiger partial charge in [-0.25, -0.2) is 0 Å². The van der Waals surface area contributed by atoms with Crippen molar-refractivity contribution in [2.24, 2.45) is 23.7 Å². The van der Waals surface area contributed by atoms with E-state index in [0.717, 1.165) is 29.4 Å². The molecular formula is C13H21NO. The van der Waals surface area contributed by atoms with Crippen LogP contribution in [0.5, 0.6) is 0 Å². The second-order valence-electron chi connectivity index (χ2n) is 5.86. The third kappa shape index (κ3) is 1.59. The van der Waals surface area contributed by atoms with Crippen molar-refractivity contribution < 1.29 is 5.11 Å². The van der Waals surface area contributed by atoms with E-state index in [4.69, 9.17) is 5.11 Å². The van der Waals surface area contributed by atoms with Crippen molar-refractivity contribution in [2.75, 3.05) is 6.61 Å². The van der Waals surface area contributed by atoms with Crippen LogP contribution in [0.15, 0.2) is 12.3 Å². The van der Waals surface area contributed by atoms with E-state index in [0.29, 0.717) is 6.04 Å². The van der Waals surface area contributed by atoms with E-state index in [1.54, 1.807) is 0 Å². The molecule has 4 fully saturated rings. The molecule has 0 amide bonds. The first kappa shape index (κ1) is 9.71. The van der Waals surface area contributed by atoms with E-state index < -0.39 is 0 Å². The molecule has 4 rings (SSSR count). The monoisotopic (exact) mass is 207 g/mol. The Morgan fingerprint density at radius 1 is 1.07 bits per heavy atom. The molecule has 0 aliphatic heterocycles. The maximum absolute atomic E-state index is 9.03. The minimum atomic E-state index is 0.0861. The number of hydrogen-bond acceptors (Lipinski definition) is 2. The van der Waals surface area contributed by atoms with Gasteiger partial charge in [-0.05, 0) is 55.8 Å².